The predicted molar refractivity (Wildman–Crippen MR) is 171 cm³/mol. The highest BCUT2D eigenvalue weighted by Crippen LogP contribution is 2.34. The fourth-order valence-electron chi connectivity index (χ4n) is 3.41. The Labute approximate surface area is 269 Å². The number of rotatable bonds is 21. The molecule has 0 aliphatic rings. The lowest BCUT2D eigenvalue weighted by Gasteiger charge is -2.26. The summed E-state index contributed by atoms with van der Waals surface area (Å²) in [4.78, 5) is 39.5. The first-order valence-corrected chi connectivity index (χ1v) is 16.3. The Hall–Kier alpha value is -3.73. The van der Waals surface area contributed by atoms with Gasteiger partial charge in [0.25, 0.3) is 5.69 Å². The number of anilines is 1. The standard InChI is InChI=1S/C28H37N5O10S2/c1-28(2,45-44-3)21-42-26(34)32(13-15-39-17-19-40-18-16-38-14-12-30-31-29)23-6-4-22(5-7-23)20-41-27(35)43-25-10-8-24(9-11-25)33(36)37/h4-11H,12-21H2,1-3H3. The molecule has 0 radical (unpaired) electrons. The van der Waals surface area contributed by atoms with E-state index in [1.54, 1.807) is 45.9 Å². The van der Waals surface area contributed by atoms with Gasteiger partial charge in [-0.05, 0) is 55.5 Å². The number of non-ortho nitro benzene ring substituents is 1. The van der Waals surface area contributed by atoms with Crippen molar-refractivity contribution in [1.29, 1.82) is 0 Å². The molecule has 0 aromatic heterocycles. The Bertz CT molecular complexity index is 1250. The number of carbonyl (C=O) groups is 2. The lowest BCUT2D eigenvalue weighted by molar-refractivity contribution is -0.384. The van der Waals surface area contributed by atoms with Crippen LogP contribution in [0.5, 0.6) is 5.75 Å². The highest BCUT2D eigenvalue weighted by molar-refractivity contribution is 8.76. The van der Waals surface area contributed by atoms with Gasteiger partial charge in [0, 0.05) is 29.3 Å². The third-order valence-corrected chi connectivity index (χ3v) is 8.12. The first kappa shape index (κ1) is 37.5. The maximum absolute atomic E-state index is 13.1. The lowest BCUT2D eigenvalue weighted by Crippen LogP contribution is -2.37. The zero-order valence-corrected chi connectivity index (χ0v) is 27.0. The van der Waals surface area contributed by atoms with Crippen LogP contribution in [0.25, 0.3) is 10.4 Å². The number of benzene rings is 2. The Balaban J connectivity index is 1.87. The van der Waals surface area contributed by atoms with E-state index in [1.165, 1.54) is 29.2 Å². The van der Waals surface area contributed by atoms with Gasteiger partial charge in [-0.3, -0.25) is 15.0 Å². The monoisotopic (exact) mass is 667 g/mol. The number of azide groups is 1. The highest BCUT2D eigenvalue weighted by Gasteiger charge is 2.24. The maximum atomic E-state index is 13.1. The summed E-state index contributed by atoms with van der Waals surface area (Å²) in [6, 6.07) is 11.8. The smallest absolute Gasteiger partial charge is 0.448 e. The Morgan fingerprint density at radius 1 is 0.956 bits per heavy atom. The molecular formula is C28H37N5O10S2. The first-order chi connectivity index (χ1) is 21.6. The van der Waals surface area contributed by atoms with E-state index in [9.17, 15) is 19.7 Å². The minimum absolute atomic E-state index is 0.0986. The molecule has 0 heterocycles. The molecule has 0 aliphatic heterocycles. The van der Waals surface area contributed by atoms with Crippen molar-refractivity contribution in [3.8, 4) is 5.75 Å². The SMILES string of the molecule is CSSC(C)(C)COC(=O)N(CCOCCOCCOCCN=[N+]=[N-])c1ccc(COC(=O)Oc2ccc([N+](=O)[O-])cc2)cc1. The maximum Gasteiger partial charge on any atom is 0.514 e. The zero-order valence-electron chi connectivity index (χ0n) is 25.3. The molecule has 0 spiro atoms. The van der Waals surface area contributed by atoms with E-state index >= 15 is 0 Å². The van der Waals surface area contributed by atoms with Crippen molar-refractivity contribution in [3.63, 3.8) is 0 Å². The van der Waals surface area contributed by atoms with Gasteiger partial charge in [-0.2, -0.15) is 0 Å². The van der Waals surface area contributed by atoms with Crippen LogP contribution < -0.4 is 9.64 Å². The summed E-state index contributed by atoms with van der Waals surface area (Å²) in [5.74, 6) is 0.107. The topological polar surface area (TPSA) is 185 Å². The average molecular weight is 668 g/mol. The Kier molecular flexibility index (Phi) is 17.6. The third kappa shape index (κ3) is 15.7. The van der Waals surface area contributed by atoms with E-state index in [0.29, 0.717) is 44.3 Å². The van der Waals surface area contributed by atoms with Gasteiger partial charge >= 0.3 is 12.2 Å². The molecule has 45 heavy (non-hydrogen) atoms. The second kappa shape index (κ2) is 21.1. The first-order valence-electron chi connectivity index (χ1n) is 13.7. The molecule has 246 valence electrons. The van der Waals surface area contributed by atoms with E-state index in [4.69, 9.17) is 34.0 Å². The van der Waals surface area contributed by atoms with Crippen LogP contribution in [0.4, 0.5) is 21.0 Å². The van der Waals surface area contributed by atoms with Crippen LogP contribution in [0.1, 0.15) is 19.4 Å². The molecule has 2 aromatic rings. The molecule has 0 fully saturated rings. The number of hydrogen-bond donors (Lipinski definition) is 0. The van der Waals surface area contributed by atoms with Gasteiger partial charge in [0.15, 0.2) is 0 Å². The van der Waals surface area contributed by atoms with Crippen LogP contribution in [0.3, 0.4) is 0 Å². The number of carbonyl (C=O) groups excluding carboxylic acids is 2. The number of nitro groups is 1. The molecule has 1 amide bonds. The molecule has 0 N–H and O–H groups in total. The average Bonchev–Trinajstić information content (AvgIpc) is 3.02. The van der Waals surface area contributed by atoms with Crippen molar-refractivity contribution in [2.24, 2.45) is 5.11 Å². The molecule has 0 saturated heterocycles. The van der Waals surface area contributed by atoms with Crippen LogP contribution in [0.15, 0.2) is 53.6 Å². The largest absolute Gasteiger partial charge is 0.514 e. The Morgan fingerprint density at radius 2 is 1.58 bits per heavy atom. The summed E-state index contributed by atoms with van der Waals surface area (Å²) in [6.45, 7) is 6.51. The molecule has 15 nitrogen and oxygen atoms in total. The van der Waals surface area contributed by atoms with E-state index in [0.717, 1.165) is 0 Å². The number of nitro benzene ring substituents is 1. The van der Waals surface area contributed by atoms with E-state index in [-0.39, 0.29) is 49.1 Å². The van der Waals surface area contributed by atoms with Gasteiger partial charge in [0.1, 0.15) is 19.0 Å². The second-order valence-electron chi connectivity index (χ2n) is 9.57. The summed E-state index contributed by atoms with van der Waals surface area (Å²) in [5, 5.41) is 14.1. The quantitative estimate of drug-likeness (QED) is 0.0164. The molecule has 0 saturated carbocycles. The number of amides is 1. The third-order valence-electron chi connectivity index (χ3n) is 5.53. The van der Waals surface area contributed by atoms with Crippen LogP contribution in [-0.4, -0.2) is 87.5 Å². The normalized spacial score (nSPS) is 10.9. The van der Waals surface area contributed by atoms with Crippen LogP contribution in [-0.2, 0) is 30.3 Å². The van der Waals surface area contributed by atoms with Crippen molar-refractivity contribution < 1.29 is 42.9 Å². The molecule has 0 bridgehead atoms. The molecule has 2 aromatic carbocycles. The summed E-state index contributed by atoms with van der Waals surface area (Å²) in [7, 11) is 3.20. The van der Waals surface area contributed by atoms with E-state index in [1.807, 2.05) is 20.1 Å². The summed E-state index contributed by atoms with van der Waals surface area (Å²) < 4.78 is 31.9. The van der Waals surface area contributed by atoms with E-state index in [2.05, 4.69) is 10.0 Å². The van der Waals surface area contributed by atoms with Crippen molar-refractivity contribution >= 4 is 45.2 Å². The number of ether oxygens (including phenoxy) is 6. The molecule has 0 unspecified atom stereocenters. The van der Waals surface area contributed by atoms with Gasteiger partial charge in [-0.25, -0.2) is 9.59 Å². The zero-order chi connectivity index (χ0) is 32.9. The van der Waals surface area contributed by atoms with Crippen molar-refractivity contribution in [2.75, 3.05) is 70.5 Å². The minimum Gasteiger partial charge on any atom is -0.448 e. The van der Waals surface area contributed by atoms with Crippen LogP contribution in [0.2, 0.25) is 0 Å². The fourth-order valence-corrected chi connectivity index (χ4v) is 5.47. The van der Waals surface area contributed by atoms with E-state index < -0.39 is 17.2 Å². The van der Waals surface area contributed by atoms with Crippen LogP contribution >= 0.6 is 21.6 Å². The van der Waals surface area contributed by atoms with Gasteiger partial charge in [-0.15, -0.1) is 0 Å². The van der Waals surface area contributed by atoms with Crippen molar-refractivity contribution in [1.82, 2.24) is 0 Å². The minimum atomic E-state index is -0.970. The summed E-state index contributed by atoms with van der Waals surface area (Å²) in [5.41, 5.74) is 9.29. The fraction of sp³-hybridized carbons (Fsp3) is 0.500. The molecular weight excluding hydrogens is 630 g/mol. The lowest BCUT2D eigenvalue weighted by atomic mass is 10.2. The van der Waals surface area contributed by atoms with Gasteiger partial charge in [0.05, 0.1) is 55.9 Å². The molecule has 17 heteroatoms. The molecule has 2 rings (SSSR count). The summed E-state index contributed by atoms with van der Waals surface area (Å²) >= 11 is 0. The predicted octanol–water partition coefficient (Wildman–Crippen LogP) is 6.40. The highest BCUT2D eigenvalue weighted by atomic mass is 33.1. The van der Waals surface area contributed by atoms with Gasteiger partial charge in [-0.1, -0.05) is 38.8 Å². The number of hydrogen-bond acceptors (Lipinski definition) is 13. The second-order valence-corrected chi connectivity index (χ2v) is 12.7. The van der Waals surface area contributed by atoms with Crippen molar-refractivity contribution in [2.45, 2.75) is 25.2 Å². The molecule has 0 aliphatic carbocycles. The van der Waals surface area contributed by atoms with Gasteiger partial charge in [0.2, 0.25) is 0 Å². The summed E-state index contributed by atoms with van der Waals surface area (Å²) in [6.07, 6.45) is 0.461. The van der Waals surface area contributed by atoms with Crippen molar-refractivity contribution in [3.05, 3.63) is 74.7 Å². The molecule has 0 atom stereocenters. The number of nitrogens with zero attached hydrogens (tertiary/aromatic N) is 5. The van der Waals surface area contributed by atoms with Gasteiger partial charge < -0.3 is 28.4 Å². The Morgan fingerprint density at radius 3 is 2.18 bits per heavy atom. The van der Waals surface area contributed by atoms with Crippen LogP contribution in [0, 0.1) is 10.1 Å².